The van der Waals surface area contributed by atoms with Crippen molar-refractivity contribution in [2.45, 2.75) is 32.2 Å². The first kappa shape index (κ1) is 18.2. The van der Waals surface area contributed by atoms with Gasteiger partial charge in [-0.15, -0.1) is 0 Å². The smallest absolute Gasteiger partial charge is 0.263 e. The molecule has 0 unspecified atom stereocenters. The van der Waals surface area contributed by atoms with Crippen molar-refractivity contribution in [2.75, 3.05) is 7.05 Å². The summed E-state index contributed by atoms with van der Waals surface area (Å²) in [5, 5.41) is 0.504. The molecule has 0 saturated heterocycles. The molecule has 0 radical (unpaired) electrons. The standard InChI is InChI=1S/C21H22N4O3/c1-24(12-18-22-16-9-5-4-8-14(16)19(26)23-18)20(27)15-11-13-7-3-6-10-17(13)25(2)21(15)28/h4-5,8-9,11H,3,6-7,10,12H2,1-2H3,(H,22,23,26). The molecule has 0 atom stereocenters. The molecule has 1 aromatic carbocycles. The number of aromatic amines is 1. The van der Waals surface area contributed by atoms with Gasteiger partial charge in [0.15, 0.2) is 0 Å². The maximum absolute atomic E-state index is 12.9. The van der Waals surface area contributed by atoms with Crippen molar-refractivity contribution in [2.24, 2.45) is 7.05 Å². The van der Waals surface area contributed by atoms with Gasteiger partial charge in [-0.25, -0.2) is 4.98 Å². The SMILES string of the molecule is CN(Cc1nc2ccccc2c(=O)[nH]1)C(=O)c1cc2c(n(C)c1=O)CCCC2. The monoisotopic (exact) mass is 378 g/mol. The van der Waals surface area contributed by atoms with E-state index in [2.05, 4.69) is 9.97 Å². The van der Waals surface area contributed by atoms with Crippen LogP contribution in [-0.2, 0) is 26.4 Å². The summed E-state index contributed by atoms with van der Waals surface area (Å²) in [4.78, 5) is 46.5. The zero-order chi connectivity index (χ0) is 19.8. The maximum Gasteiger partial charge on any atom is 0.263 e. The third-order valence-electron chi connectivity index (χ3n) is 5.36. The van der Waals surface area contributed by atoms with Crippen LogP contribution in [0.15, 0.2) is 39.9 Å². The van der Waals surface area contributed by atoms with Gasteiger partial charge < -0.3 is 14.5 Å². The summed E-state index contributed by atoms with van der Waals surface area (Å²) in [5.41, 5.74) is 2.31. The highest BCUT2D eigenvalue weighted by Crippen LogP contribution is 2.20. The molecule has 1 amide bonds. The number of hydrogen-bond acceptors (Lipinski definition) is 4. The van der Waals surface area contributed by atoms with Crippen molar-refractivity contribution in [1.29, 1.82) is 0 Å². The van der Waals surface area contributed by atoms with Gasteiger partial charge in [0.2, 0.25) is 0 Å². The highest BCUT2D eigenvalue weighted by molar-refractivity contribution is 5.94. The number of nitrogens with zero attached hydrogens (tertiary/aromatic N) is 3. The lowest BCUT2D eigenvalue weighted by Gasteiger charge is -2.22. The van der Waals surface area contributed by atoms with Crippen molar-refractivity contribution in [3.05, 3.63) is 73.7 Å². The molecule has 0 saturated carbocycles. The second kappa shape index (κ2) is 7.07. The van der Waals surface area contributed by atoms with Crippen LogP contribution in [0.4, 0.5) is 0 Å². The summed E-state index contributed by atoms with van der Waals surface area (Å²) >= 11 is 0. The number of para-hydroxylation sites is 1. The number of carbonyl (C=O) groups excluding carboxylic acids is 1. The van der Waals surface area contributed by atoms with Crippen molar-refractivity contribution in [1.82, 2.24) is 19.4 Å². The number of benzene rings is 1. The molecule has 7 nitrogen and oxygen atoms in total. The summed E-state index contributed by atoms with van der Waals surface area (Å²) < 4.78 is 1.60. The lowest BCUT2D eigenvalue weighted by atomic mass is 9.94. The third-order valence-corrected chi connectivity index (χ3v) is 5.36. The molecule has 4 rings (SSSR count). The van der Waals surface area contributed by atoms with Crippen LogP contribution in [-0.4, -0.2) is 32.4 Å². The quantitative estimate of drug-likeness (QED) is 0.752. The normalized spacial score (nSPS) is 13.4. The zero-order valence-corrected chi connectivity index (χ0v) is 16.0. The van der Waals surface area contributed by atoms with Crippen LogP contribution in [0.25, 0.3) is 10.9 Å². The fourth-order valence-electron chi connectivity index (χ4n) is 3.86. The molecule has 0 bridgehead atoms. The van der Waals surface area contributed by atoms with E-state index in [1.165, 1.54) is 4.90 Å². The van der Waals surface area contributed by atoms with Crippen molar-refractivity contribution < 1.29 is 4.79 Å². The van der Waals surface area contributed by atoms with Gasteiger partial charge in [0.25, 0.3) is 17.0 Å². The topological polar surface area (TPSA) is 88.1 Å². The Hall–Kier alpha value is -3.22. The van der Waals surface area contributed by atoms with Gasteiger partial charge in [0, 0.05) is 19.8 Å². The average molecular weight is 378 g/mol. The van der Waals surface area contributed by atoms with Crippen molar-refractivity contribution >= 4 is 16.8 Å². The van der Waals surface area contributed by atoms with Gasteiger partial charge in [-0.05, 0) is 49.4 Å². The summed E-state index contributed by atoms with van der Waals surface area (Å²) in [6, 6.07) is 8.79. The molecule has 1 aliphatic carbocycles. The molecule has 2 heterocycles. The third kappa shape index (κ3) is 3.13. The first-order chi connectivity index (χ1) is 13.5. The van der Waals surface area contributed by atoms with Crippen LogP contribution < -0.4 is 11.1 Å². The van der Waals surface area contributed by atoms with Gasteiger partial charge in [-0.3, -0.25) is 14.4 Å². The van der Waals surface area contributed by atoms with Gasteiger partial charge in [0.1, 0.15) is 11.4 Å². The molecule has 0 fully saturated rings. The van der Waals surface area contributed by atoms with Crippen LogP contribution in [0.5, 0.6) is 0 Å². The molecule has 0 aliphatic heterocycles. The van der Waals surface area contributed by atoms with E-state index < -0.39 is 0 Å². The molecular weight excluding hydrogens is 356 g/mol. The number of aromatic nitrogens is 3. The van der Waals surface area contributed by atoms with Gasteiger partial charge >= 0.3 is 0 Å². The predicted octanol–water partition coefficient (Wildman–Crippen LogP) is 1.77. The molecule has 7 heteroatoms. The number of fused-ring (bicyclic) bond motifs is 2. The number of H-pyrrole nitrogens is 1. The number of amides is 1. The van der Waals surface area contributed by atoms with E-state index in [0.29, 0.717) is 16.7 Å². The lowest BCUT2D eigenvalue weighted by Crippen LogP contribution is -2.36. The Kier molecular flexibility index (Phi) is 4.58. The van der Waals surface area contributed by atoms with Crippen LogP contribution in [0.2, 0.25) is 0 Å². The van der Waals surface area contributed by atoms with E-state index in [1.807, 2.05) is 6.07 Å². The fourth-order valence-corrected chi connectivity index (χ4v) is 3.86. The Morgan fingerprint density at radius 2 is 1.96 bits per heavy atom. The van der Waals surface area contributed by atoms with E-state index in [1.54, 1.807) is 42.9 Å². The van der Waals surface area contributed by atoms with E-state index in [9.17, 15) is 14.4 Å². The lowest BCUT2D eigenvalue weighted by molar-refractivity contribution is 0.0779. The summed E-state index contributed by atoms with van der Waals surface area (Å²) in [6.07, 6.45) is 3.88. The van der Waals surface area contributed by atoms with E-state index in [4.69, 9.17) is 0 Å². The van der Waals surface area contributed by atoms with E-state index in [-0.39, 0.29) is 29.1 Å². The minimum atomic E-state index is -0.371. The predicted molar refractivity (Wildman–Crippen MR) is 106 cm³/mol. The zero-order valence-electron chi connectivity index (χ0n) is 16.0. The Balaban J connectivity index is 1.65. The first-order valence-corrected chi connectivity index (χ1v) is 9.41. The average Bonchev–Trinajstić information content (AvgIpc) is 2.70. The van der Waals surface area contributed by atoms with Crippen molar-refractivity contribution in [3.63, 3.8) is 0 Å². The van der Waals surface area contributed by atoms with Crippen LogP contribution >= 0.6 is 0 Å². The largest absolute Gasteiger partial charge is 0.334 e. The van der Waals surface area contributed by atoms with E-state index in [0.717, 1.165) is 36.9 Å². The second-order valence-corrected chi connectivity index (χ2v) is 7.29. The summed E-state index contributed by atoms with van der Waals surface area (Å²) in [7, 11) is 3.34. The highest BCUT2D eigenvalue weighted by atomic mass is 16.2. The Morgan fingerprint density at radius 3 is 2.79 bits per heavy atom. The Labute approximate surface area is 161 Å². The summed E-state index contributed by atoms with van der Waals surface area (Å²) in [6.45, 7) is 0.110. The number of hydrogen-bond donors (Lipinski definition) is 1. The van der Waals surface area contributed by atoms with Gasteiger partial charge in [-0.1, -0.05) is 12.1 Å². The summed E-state index contributed by atoms with van der Waals surface area (Å²) in [5.74, 6) is 0.0131. The van der Waals surface area contributed by atoms with Crippen LogP contribution in [0.3, 0.4) is 0 Å². The molecule has 0 spiro atoms. The number of aryl methyl sites for hydroxylation is 1. The van der Waals surface area contributed by atoms with Crippen molar-refractivity contribution in [3.8, 4) is 0 Å². The van der Waals surface area contributed by atoms with Crippen LogP contribution in [0.1, 0.15) is 40.3 Å². The molecule has 1 aliphatic rings. The molecule has 28 heavy (non-hydrogen) atoms. The molecule has 2 aromatic heterocycles. The number of rotatable bonds is 3. The van der Waals surface area contributed by atoms with Crippen LogP contribution in [0, 0.1) is 0 Å². The molecule has 144 valence electrons. The Bertz CT molecular complexity index is 1190. The first-order valence-electron chi connectivity index (χ1n) is 9.41. The molecule has 1 N–H and O–H groups in total. The minimum absolute atomic E-state index is 0.110. The number of pyridine rings is 1. The van der Waals surface area contributed by atoms with Gasteiger partial charge in [-0.2, -0.15) is 0 Å². The Morgan fingerprint density at radius 1 is 1.21 bits per heavy atom. The van der Waals surface area contributed by atoms with E-state index >= 15 is 0 Å². The minimum Gasteiger partial charge on any atom is -0.334 e. The van der Waals surface area contributed by atoms with Gasteiger partial charge in [0.05, 0.1) is 17.4 Å². The second-order valence-electron chi connectivity index (χ2n) is 7.29. The molecular formula is C21H22N4O3. The molecule has 3 aromatic rings. The number of nitrogens with one attached hydrogen (secondary N) is 1. The number of carbonyl (C=O) groups is 1. The highest BCUT2D eigenvalue weighted by Gasteiger charge is 2.22. The fraction of sp³-hybridized carbons (Fsp3) is 0.333. The maximum atomic E-state index is 12.9.